The molecule has 0 aliphatic rings. The first-order valence-electron chi connectivity index (χ1n) is 6.65. The average Bonchev–Trinajstić information content (AvgIpc) is 2.15. The lowest BCUT2D eigenvalue weighted by Gasteiger charge is -2.35. The Labute approximate surface area is 103 Å². The van der Waals surface area contributed by atoms with Crippen molar-refractivity contribution < 1.29 is 0 Å². The summed E-state index contributed by atoms with van der Waals surface area (Å²) in [4.78, 5) is 2.48. The molecular formula is C14H32N2. The molecule has 0 aromatic heterocycles. The largest absolute Gasteiger partial charge is 0.312 e. The molecule has 0 saturated heterocycles. The Hall–Kier alpha value is -0.0800. The summed E-state index contributed by atoms with van der Waals surface area (Å²) in [6.07, 6.45) is 3.76. The highest BCUT2D eigenvalue weighted by Gasteiger charge is 2.20. The standard InChI is InChI=1S/C14H32N2/c1-8-14(5,6)16(7)12-10-9-11-15-13(2,3)4/h15H,8-12H2,1-7H3. The first-order valence-corrected chi connectivity index (χ1v) is 6.65. The Bertz CT molecular complexity index is 180. The van der Waals surface area contributed by atoms with E-state index in [0.29, 0.717) is 5.54 Å². The highest BCUT2D eigenvalue weighted by Crippen LogP contribution is 2.16. The Morgan fingerprint density at radius 1 is 1.00 bits per heavy atom. The fourth-order valence-corrected chi connectivity index (χ4v) is 1.51. The smallest absolute Gasteiger partial charge is 0.0147 e. The molecule has 0 aromatic carbocycles. The quantitative estimate of drug-likeness (QED) is 0.673. The summed E-state index contributed by atoms with van der Waals surface area (Å²) in [5.41, 5.74) is 0.603. The van der Waals surface area contributed by atoms with E-state index in [1.54, 1.807) is 0 Å². The van der Waals surface area contributed by atoms with Crippen LogP contribution < -0.4 is 5.32 Å². The van der Waals surface area contributed by atoms with Crippen molar-refractivity contribution >= 4 is 0 Å². The van der Waals surface area contributed by atoms with E-state index in [1.807, 2.05) is 0 Å². The van der Waals surface area contributed by atoms with Crippen LogP contribution in [0, 0.1) is 0 Å². The van der Waals surface area contributed by atoms with Gasteiger partial charge in [-0.05, 0) is 74.0 Å². The Kier molecular flexibility index (Phi) is 6.57. The maximum Gasteiger partial charge on any atom is 0.0147 e. The molecule has 98 valence electrons. The van der Waals surface area contributed by atoms with Crippen molar-refractivity contribution in [3.05, 3.63) is 0 Å². The first-order chi connectivity index (χ1) is 7.19. The van der Waals surface area contributed by atoms with Crippen molar-refractivity contribution in [1.29, 1.82) is 0 Å². The second kappa shape index (κ2) is 6.61. The van der Waals surface area contributed by atoms with Crippen LogP contribution in [0.4, 0.5) is 0 Å². The van der Waals surface area contributed by atoms with E-state index in [4.69, 9.17) is 0 Å². The van der Waals surface area contributed by atoms with Crippen LogP contribution in [0.15, 0.2) is 0 Å². The zero-order valence-corrected chi connectivity index (χ0v) is 12.5. The molecule has 0 unspecified atom stereocenters. The van der Waals surface area contributed by atoms with Gasteiger partial charge < -0.3 is 10.2 Å². The van der Waals surface area contributed by atoms with Crippen LogP contribution in [0.2, 0.25) is 0 Å². The highest BCUT2D eigenvalue weighted by molar-refractivity contribution is 4.77. The summed E-state index contributed by atoms with van der Waals surface area (Å²) in [7, 11) is 2.24. The summed E-state index contributed by atoms with van der Waals surface area (Å²) in [5.74, 6) is 0. The number of rotatable bonds is 7. The molecule has 1 N–H and O–H groups in total. The molecule has 16 heavy (non-hydrogen) atoms. The Morgan fingerprint density at radius 2 is 1.56 bits per heavy atom. The molecule has 0 amide bonds. The van der Waals surface area contributed by atoms with Gasteiger partial charge in [0.1, 0.15) is 0 Å². The predicted octanol–water partition coefficient (Wildman–Crippen LogP) is 3.28. The van der Waals surface area contributed by atoms with Crippen molar-refractivity contribution in [3.8, 4) is 0 Å². The molecule has 0 bridgehead atoms. The minimum absolute atomic E-state index is 0.259. The fourth-order valence-electron chi connectivity index (χ4n) is 1.51. The Morgan fingerprint density at radius 3 is 2.00 bits per heavy atom. The van der Waals surface area contributed by atoms with E-state index >= 15 is 0 Å². The van der Waals surface area contributed by atoms with Crippen molar-refractivity contribution in [3.63, 3.8) is 0 Å². The molecule has 0 heterocycles. The maximum atomic E-state index is 3.53. The first kappa shape index (κ1) is 15.9. The number of unbranched alkanes of at least 4 members (excludes halogenated alkanes) is 1. The van der Waals surface area contributed by atoms with Crippen LogP contribution in [0.3, 0.4) is 0 Å². The number of hydrogen-bond acceptors (Lipinski definition) is 2. The lowest BCUT2D eigenvalue weighted by atomic mass is 9.99. The molecule has 0 radical (unpaired) electrons. The predicted molar refractivity (Wildman–Crippen MR) is 74.0 cm³/mol. The summed E-state index contributed by atoms with van der Waals surface area (Å²) >= 11 is 0. The van der Waals surface area contributed by atoms with Gasteiger partial charge in [0.2, 0.25) is 0 Å². The van der Waals surface area contributed by atoms with Crippen molar-refractivity contribution in [2.75, 3.05) is 20.1 Å². The third-order valence-corrected chi connectivity index (χ3v) is 3.47. The van der Waals surface area contributed by atoms with E-state index in [0.717, 1.165) is 6.54 Å². The van der Waals surface area contributed by atoms with Gasteiger partial charge in [-0.1, -0.05) is 6.92 Å². The molecule has 2 heteroatoms. The zero-order chi connectivity index (χ0) is 12.8. The van der Waals surface area contributed by atoms with Crippen molar-refractivity contribution in [1.82, 2.24) is 10.2 Å². The summed E-state index contributed by atoms with van der Waals surface area (Å²) in [6.45, 7) is 15.9. The minimum Gasteiger partial charge on any atom is -0.312 e. The van der Waals surface area contributed by atoms with Gasteiger partial charge in [0.15, 0.2) is 0 Å². The molecule has 0 atom stereocenters. The van der Waals surface area contributed by atoms with Gasteiger partial charge in [-0.15, -0.1) is 0 Å². The molecule has 0 rings (SSSR count). The van der Waals surface area contributed by atoms with Gasteiger partial charge in [0, 0.05) is 11.1 Å². The van der Waals surface area contributed by atoms with Crippen LogP contribution in [-0.2, 0) is 0 Å². The van der Waals surface area contributed by atoms with Crippen molar-refractivity contribution in [2.45, 2.75) is 71.9 Å². The van der Waals surface area contributed by atoms with Gasteiger partial charge in [-0.25, -0.2) is 0 Å². The monoisotopic (exact) mass is 228 g/mol. The summed E-state index contributed by atoms with van der Waals surface area (Å²) in [5, 5.41) is 3.53. The zero-order valence-electron chi connectivity index (χ0n) is 12.5. The maximum absolute atomic E-state index is 3.53. The molecule has 0 aromatic rings. The van der Waals surface area contributed by atoms with Crippen LogP contribution in [0.1, 0.15) is 60.8 Å². The number of nitrogens with zero attached hydrogens (tertiary/aromatic N) is 1. The summed E-state index contributed by atoms with van der Waals surface area (Å²) in [6, 6.07) is 0. The van der Waals surface area contributed by atoms with E-state index in [9.17, 15) is 0 Å². The molecule has 0 saturated carbocycles. The minimum atomic E-state index is 0.259. The van der Waals surface area contributed by atoms with Crippen LogP contribution in [-0.4, -0.2) is 36.1 Å². The van der Waals surface area contributed by atoms with Gasteiger partial charge in [-0.3, -0.25) is 0 Å². The summed E-state index contributed by atoms with van der Waals surface area (Å²) < 4.78 is 0. The average molecular weight is 228 g/mol. The number of nitrogens with one attached hydrogen (secondary N) is 1. The molecule has 0 spiro atoms. The van der Waals surface area contributed by atoms with Crippen molar-refractivity contribution in [2.24, 2.45) is 0 Å². The van der Waals surface area contributed by atoms with E-state index < -0.39 is 0 Å². The Balaban J connectivity index is 3.60. The van der Waals surface area contributed by atoms with Crippen LogP contribution in [0.5, 0.6) is 0 Å². The van der Waals surface area contributed by atoms with Gasteiger partial charge >= 0.3 is 0 Å². The number of hydrogen-bond donors (Lipinski definition) is 1. The highest BCUT2D eigenvalue weighted by atomic mass is 15.2. The molecular weight excluding hydrogens is 196 g/mol. The third-order valence-electron chi connectivity index (χ3n) is 3.47. The van der Waals surface area contributed by atoms with Crippen LogP contribution in [0.25, 0.3) is 0 Å². The normalized spacial score (nSPS) is 13.5. The fraction of sp³-hybridized carbons (Fsp3) is 1.00. The molecule has 2 nitrogen and oxygen atoms in total. The SMILES string of the molecule is CCC(C)(C)N(C)CCCCNC(C)(C)C. The molecule has 0 aliphatic carbocycles. The van der Waals surface area contributed by atoms with Gasteiger partial charge in [0.25, 0.3) is 0 Å². The van der Waals surface area contributed by atoms with Gasteiger partial charge in [-0.2, -0.15) is 0 Å². The molecule has 0 aliphatic heterocycles. The van der Waals surface area contributed by atoms with Crippen LogP contribution >= 0.6 is 0 Å². The third kappa shape index (κ3) is 7.24. The topological polar surface area (TPSA) is 15.3 Å². The lowest BCUT2D eigenvalue weighted by Crippen LogP contribution is -2.41. The molecule has 0 fully saturated rings. The van der Waals surface area contributed by atoms with E-state index in [-0.39, 0.29) is 5.54 Å². The second-order valence-corrected chi connectivity index (χ2v) is 6.47. The second-order valence-electron chi connectivity index (χ2n) is 6.47. The van der Waals surface area contributed by atoms with E-state index in [1.165, 1.54) is 25.8 Å². The lowest BCUT2D eigenvalue weighted by molar-refractivity contribution is 0.148. The van der Waals surface area contributed by atoms with E-state index in [2.05, 4.69) is 58.8 Å². The van der Waals surface area contributed by atoms with Gasteiger partial charge in [0.05, 0.1) is 0 Å².